The van der Waals surface area contributed by atoms with Gasteiger partial charge in [-0.25, -0.2) is 4.98 Å². The molecule has 0 radical (unpaired) electrons. The Morgan fingerprint density at radius 3 is 2.72 bits per heavy atom. The highest BCUT2D eigenvalue weighted by Gasteiger charge is 2.28. The van der Waals surface area contributed by atoms with Crippen LogP contribution in [0, 0.1) is 11.9 Å². The first-order valence-corrected chi connectivity index (χ1v) is 6.49. The second-order valence-corrected chi connectivity index (χ2v) is 4.69. The zero-order valence-electron chi connectivity index (χ0n) is 10.6. The number of pyridine rings is 1. The van der Waals surface area contributed by atoms with Crippen LogP contribution >= 0.6 is 0 Å². The molecule has 0 N–H and O–H groups in total. The van der Waals surface area contributed by atoms with Crippen molar-refractivity contribution in [2.45, 2.75) is 38.5 Å². The van der Waals surface area contributed by atoms with Crippen LogP contribution in [-0.2, 0) is 9.53 Å². The van der Waals surface area contributed by atoms with Crippen molar-refractivity contribution in [3.63, 3.8) is 0 Å². The van der Waals surface area contributed by atoms with Crippen molar-refractivity contribution < 1.29 is 13.9 Å². The first kappa shape index (κ1) is 13.0. The summed E-state index contributed by atoms with van der Waals surface area (Å²) in [4.78, 5) is 15.5. The number of hydrogen-bond donors (Lipinski definition) is 0. The van der Waals surface area contributed by atoms with E-state index in [2.05, 4.69) is 4.98 Å². The summed E-state index contributed by atoms with van der Waals surface area (Å²) in [5.41, 5.74) is 0.803. The van der Waals surface area contributed by atoms with Gasteiger partial charge in [0.15, 0.2) is 0 Å². The largest absolute Gasteiger partial charge is 0.466 e. The summed E-state index contributed by atoms with van der Waals surface area (Å²) >= 11 is 0. The van der Waals surface area contributed by atoms with Gasteiger partial charge in [-0.1, -0.05) is 6.07 Å². The molecule has 0 atom stereocenters. The van der Waals surface area contributed by atoms with Crippen molar-refractivity contribution in [3.8, 4) is 0 Å². The number of ether oxygens (including phenoxy) is 1. The third kappa shape index (κ3) is 3.06. The standard InChI is InChI=1S/C14H18FNO2/c1-2-18-14(17)11-8-6-10(7-9-11)12-4-3-5-13(15)16-12/h3-5,10-11H,2,6-9H2,1H3/t10-,11-. The topological polar surface area (TPSA) is 39.2 Å². The summed E-state index contributed by atoms with van der Waals surface area (Å²) in [6, 6.07) is 4.90. The van der Waals surface area contributed by atoms with Gasteiger partial charge >= 0.3 is 5.97 Å². The van der Waals surface area contributed by atoms with Crippen LogP contribution in [0.1, 0.15) is 44.2 Å². The highest BCUT2D eigenvalue weighted by molar-refractivity contribution is 5.72. The lowest BCUT2D eigenvalue weighted by atomic mass is 9.80. The monoisotopic (exact) mass is 251 g/mol. The molecule has 1 aromatic heterocycles. The molecule has 0 unspecified atom stereocenters. The predicted molar refractivity (Wildman–Crippen MR) is 65.5 cm³/mol. The van der Waals surface area contributed by atoms with E-state index in [-0.39, 0.29) is 17.8 Å². The molecule has 0 amide bonds. The smallest absolute Gasteiger partial charge is 0.308 e. The molecule has 0 saturated heterocycles. The number of aromatic nitrogens is 1. The highest BCUT2D eigenvalue weighted by atomic mass is 19.1. The second kappa shape index (κ2) is 5.94. The van der Waals surface area contributed by atoms with E-state index in [4.69, 9.17) is 4.74 Å². The van der Waals surface area contributed by atoms with Crippen molar-refractivity contribution in [1.82, 2.24) is 4.98 Å². The predicted octanol–water partition coefficient (Wildman–Crippen LogP) is 3.06. The summed E-state index contributed by atoms with van der Waals surface area (Å²) in [6.07, 6.45) is 3.36. The lowest BCUT2D eigenvalue weighted by molar-refractivity contribution is -0.149. The molecule has 3 nitrogen and oxygen atoms in total. The molecule has 98 valence electrons. The van der Waals surface area contributed by atoms with E-state index in [1.807, 2.05) is 13.0 Å². The van der Waals surface area contributed by atoms with E-state index < -0.39 is 5.95 Å². The van der Waals surface area contributed by atoms with Crippen molar-refractivity contribution in [1.29, 1.82) is 0 Å². The molecule has 1 aliphatic carbocycles. The molecule has 1 saturated carbocycles. The lowest BCUT2D eigenvalue weighted by Gasteiger charge is -2.26. The normalized spacial score (nSPS) is 23.7. The maximum atomic E-state index is 13.0. The average molecular weight is 251 g/mol. The van der Waals surface area contributed by atoms with Crippen LogP contribution in [0.5, 0.6) is 0 Å². The first-order valence-electron chi connectivity index (χ1n) is 6.49. The maximum Gasteiger partial charge on any atom is 0.308 e. The van der Waals surface area contributed by atoms with Gasteiger partial charge in [0.25, 0.3) is 0 Å². The summed E-state index contributed by atoms with van der Waals surface area (Å²) < 4.78 is 18.1. The van der Waals surface area contributed by atoms with Crippen molar-refractivity contribution in [2.24, 2.45) is 5.92 Å². The Balaban J connectivity index is 1.92. The van der Waals surface area contributed by atoms with Crippen LogP contribution in [0.4, 0.5) is 4.39 Å². The molecule has 0 aromatic carbocycles. The average Bonchev–Trinajstić information content (AvgIpc) is 2.39. The molecule has 0 spiro atoms. The highest BCUT2D eigenvalue weighted by Crippen LogP contribution is 2.35. The Morgan fingerprint density at radius 2 is 2.11 bits per heavy atom. The van der Waals surface area contributed by atoms with Gasteiger partial charge in [0.1, 0.15) is 0 Å². The molecule has 2 rings (SSSR count). The fourth-order valence-corrected chi connectivity index (χ4v) is 2.54. The zero-order valence-corrected chi connectivity index (χ0v) is 10.6. The molecular weight excluding hydrogens is 233 g/mol. The molecular formula is C14H18FNO2. The van der Waals surface area contributed by atoms with Gasteiger partial charge in [-0.05, 0) is 44.7 Å². The Hall–Kier alpha value is -1.45. The van der Waals surface area contributed by atoms with Crippen LogP contribution in [0.3, 0.4) is 0 Å². The maximum absolute atomic E-state index is 13.0. The molecule has 1 aromatic rings. The van der Waals surface area contributed by atoms with E-state index in [0.717, 1.165) is 31.4 Å². The SMILES string of the molecule is CCOC(=O)[C@H]1CC[C@H](c2cccc(F)n2)CC1. The van der Waals surface area contributed by atoms with Crippen LogP contribution < -0.4 is 0 Å². The quantitative estimate of drug-likeness (QED) is 0.612. The van der Waals surface area contributed by atoms with Gasteiger partial charge < -0.3 is 4.74 Å². The minimum Gasteiger partial charge on any atom is -0.466 e. The summed E-state index contributed by atoms with van der Waals surface area (Å²) in [5, 5.41) is 0. The van der Waals surface area contributed by atoms with Crippen LogP contribution in [0.25, 0.3) is 0 Å². The van der Waals surface area contributed by atoms with Gasteiger partial charge in [-0.3, -0.25) is 4.79 Å². The molecule has 18 heavy (non-hydrogen) atoms. The lowest BCUT2D eigenvalue weighted by Crippen LogP contribution is -2.23. The third-order valence-corrected chi connectivity index (χ3v) is 3.50. The van der Waals surface area contributed by atoms with Gasteiger partial charge in [-0.2, -0.15) is 4.39 Å². The van der Waals surface area contributed by atoms with E-state index in [9.17, 15) is 9.18 Å². The van der Waals surface area contributed by atoms with Gasteiger partial charge in [0, 0.05) is 11.6 Å². The van der Waals surface area contributed by atoms with Crippen molar-refractivity contribution >= 4 is 5.97 Å². The Morgan fingerprint density at radius 1 is 1.39 bits per heavy atom. The third-order valence-electron chi connectivity index (χ3n) is 3.50. The van der Waals surface area contributed by atoms with Crippen molar-refractivity contribution in [2.75, 3.05) is 6.61 Å². The Kier molecular flexibility index (Phi) is 4.28. The van der Waals surface area contributed by atoms with Crippen molar-refractivity contribution in [3.05, 3.63) is 29.8 Å². The molecule has 0 aliphatic heterocycles. The molecule has 1 heterocycles. The molecule has 1 aliphatic rings. The summed E-state index contributed by atoms with van der Waals surface area (Å²) in [7, 11) is 0. The van der Waals surface area contributed by atoms with Gasteiger partial charge in [-0.15, -0.1) is 0 Å². The van der Waals surface area contributed by atoms with Crippen LogP contribution in [-0.4, -0.2) is 17.6 Å². The number of esters is 1. The minimum atomic E-state index is -0.431. The fourth-order valence-electron chi connectivity index (χ4n) is 2.54. The molecule has 0 bridgehead atoms. The number of nitrogens with zero attached hydrogens (tertiary/aromatic N) is 1. The number of carbonyl (C=O) groups is 1. The minimum absolute atomic E-state index is 0.00904. The van der Waals surface area contributed by atoms with Gasteiger partial charge in [0.05, 0.1) is 12.5 Å². The second-order valence-electron chi connectivity index (χ2n) is 4.69. The van der Waals surface area contributed by atoms with E-state index in [1.54, 1.807) is 6.07 Å². The Bertz CT molecular complexity index is 414. The number of rotatable bonds is 3. The number of hydrogen-bond acceptors (Lipinski definition) is 3. The van der Waals surface area contributed by atoms with E-state index in [1.165, 1.54) is 6.07 Å². The zero-order chi connectivity index (χ0) is 13.0. The van der Waals surface area contributed by atoms with Crippen LogP contribution in [0.15, 0.2) is 18.2 Å². The fraction of sp³-hybridized carbons (Fsp3) is 0.571. The van der Waals surface area contributed by atoms with Crippen LogP contribution in [0.2, 0.25) is 0 Å². The summed E-state index contributed by atoms with van der Waals surface area (Å²) in [5.74, 6) is -0.246. The van der Waals surface area contributed by atoms with E-state index in [0.29, 0.717) is 6.61 Å². The molecule has 1 fully saturated rings. The number of halogens is 1. The van der Waals surface area contributed by atoms with E-state index >= 15 is 0 Å². The summed E-state index contributed by atoms with van der Waals surface area (Å²) in [6.45, 7) is 2.25. The van der Waals surface area contributed by atoms with Gasteiger partial charge in [0.2, 0.25) is 5.95 Å². The first-order chi connectivity index (χ1) is 8.70. The molecule has 4 heteroatoms. The number of carbonyl (C=O) groups excluding carboxylic acids is 1. The Labute approximate surface area is 106 Å².